The van der Waals surface area contributed by atoms with Gasteiger partial charge in [-0.1, -0.05) is 0 Å². The lowest BCUT2D eigenvalue weighted by molar-refractivity contribution is -0.0141. The van der Waals surface area contributed by atoms with Crippen molar-refractivity contribution in [3.8, 4) is 5.88 Å². The third kappa shape index (κ3) is 2.29. The number of nitrogens with zero attached hydrogens (tertiary/aromatic N) is 3. The van der Waals surface area contributed by atoms with Gasteiger partial charge >= 0.3 is 0 Å². The minimum atomic E-state index is -0.260. The second-order valence-electron chi connectivity index (χ2n) is 6.61. The van der Waals surface area contributed by atoms with E-state index >= 15 is 0 Å². The molecule has 5 heteroatoms. The lowest BCUT2D eigenvalue weighted by Crippen LogP contribution is -2.53. The highest BCUT2D eigenvalue weighted by Crippen LogP contribution is 2.38. The summed E-state index contributed by atoms with van der Waals surface area (Å²) >= 11 is 0. The van der Waals surface area contributed by atoms with Gasteiger partial charge in [0.05, 0.1) is 6.54 Å². The van der Waals surface area contributed by atoms with E-state index in [0.29, 0.717) is 24.0 Å². The SMILES string of the molecule is CN1CCC2(CC1)CN(C1CC1)C(=O)c1cccnc1O2. The Morgan fingerprint density at radius 3 is 2.81 bits per heavy atom. The molecule has 1 aliphatic carbocycles. The number of rotatable bonds is 1. The molecule has 3 aliphatic rings. The van der Waals surface area contributed by atoms with Crippen molar-refractivity contribution < 1.29 is 9.53 Å². The molecule has 1 aromatic rings. The van der Waals surface area contributed by atoms with E-state index in [9.17, 15) is 4.79 Å². The van der Waals surface area contributed by atoms with Crippen LogP contribution < -0.4 is 4.74 Å². The van der Waals surface area contributed by atoms with Crippen LogP contribution >= 0.6 is 0 Å². The maximum atomic E-state index is 12.8. The highest BCUT2D eigenvalue weighted by Gasteiger charge is 2.46. The molecule has 1 spiro atoms. The number of carbonyl (C=O) groups is 1. The number of carbonyl (C=O) groups excluding carboxylic acids is 1. The number of aromatic nitrogens is 1. The minimum absolute atomic E-state index is 0.0939. The largest absolute Gasteiger partial charge is 0.468 e. The standard InChI is InChI=1S/C16H21N3O2/c1-18-9-6-16(7-10-18)11-19(12-4-5-12)15(20)13-3-2-8-17-14(13)21-16/h2-3,8,12H,4-7,9-11H2,1H3. The first-order valence-corrected chi connectivity index (χ1v) is 7.80. The van der Waals surface area contributed by atoms with Crippen LogP contribution in [0.25, 0.3) is 0 Å². The summed E-state index contributed by atoms with van der Waals surface area (Å²) in [4.78, 5) is 21.5. The van der Waals surface area contributed by atoms with Crippen LogP contribution in [-0.2, 0) is 0 Å². The quantitative estimate of drug-likeness (QED) is 0.786. The number of amides is 1. The fraction of sp³-hybridized carbons (Fsp3) is 0.625. The topological polar surface area (TPSA) is 45.7 Å². The molecule has 2 fully saturated rings. The van der Waals surface area contributed by atoms with E-state index in [-0.39, 0.29) is 11.5 Å². The summed E-state index contributed by atoms with van der Waals surface area (Å²) in [7, 11) is 2.14. The van der Waals surface area contributed by atoms with Crippen molar-refractivity contribution in [2.75, 3.05) is 26.7 Å². The zero-order chi connectivity index (χ0) is 14.4. The molecule has 0 N–H and O–H groups in total. The number of likely N-dealkylation sites (tertiary alicyclic amines) is 1. The number of piperidine rings is 1. The van der Waals surface area contributed by atoms with Crippen molar-refractivity contribution in [3.63, 3.8) is 0 Å². The predicted molar refractivity (Wildman–Crippen MR) is 78.4 cm³/mol. The molecule has 1 amide bonds. The Labute approximate surface area is 124 Å². The first kappa shape index (κ1) is 13.1. The Morgan fingerprint density at radius 1 is 1.33 bits per heavy atom. The summed E-state index contributed by atoms with van der Waals surface area (Å²) in [6.07, 6.45) is 5.86. The monoisotopic (exact) mass is 287 g/mol. The first-order chi connectivity index (χ1) is 10.2. The van der Waals surface area contributed by atoms with E-state index < -0.39 is 0 Å². The average Bonchev–Trinajstić information content (AvgIpc) is 3.32. The third-order valence-corrected chi connectivity index (χ3v) is 4.92. The van der Waals surface area contributed by atoms with E-state index in [4.69, 9.17) is 4.74 Å². The van der Waals surface area contributed by atoms with Crippen molar-refractivity contribution in [3.05, 3.63) is 23.9 Å². The zero-order valence-electron chi connectivity index (χ0n) is 12.4. The Balaban J connectivity index is 1.72. The molecular formula is C16H21N3O2. The average molecular weight is 287 g/mol. The number of ether oxygens (including phenoxy) is 1. The van der Waals surface area contributed by atoms with Crippen LogP contribution in [0.4, 0.5) is 0 Å². The molecule has 4 rings (SSSR count). The van der Waals surface area contributed by atoms with Crippen molar-refractivity contribution in [2.24, 2.45) is 0 Å². The molecule has 1 saturated carbocycles. The third-order valence-electron chi connectivity index (χ3n) is 4.92. The van der Waals surface area contributed by atoms with E-state index in [1.54, 1.807) is 6.20 Å². The molecule has 1 aromatic heterocycles. The van der Waals surface area contributed by atoms with Crippen LogP contribution in [0.2, 0.25) is 0 Å². The second-order valence-corrected chi connectivity index (χ2v) is 6.61. The molecule has 5 nitrogen and oxygen atoms in total. The van der Waals surface area contributed by atoms with E-state index in [1.165, 1.54) is 0 Å². The molecule has 0 aromatic carbocycles. The molecule has 0 unspecified atom stereocenters. The summed E-state index contributed by atoms with van der Waals surface area (Å²) in [5.41, 5.74) is 0.366. The van der Waals surface area contributed by atoms with Crippen molar-refractivity contribution >= 4 is 5.91 Å². The smallest absolute Gasteiger partial charge is 0.259 e. The number of hydrogen-bond donors (Lipinski definition) is 0. The summed E-state index contributed by atoms with van der Waals surface area (Å²) in [6, 6.07) is 4.06. The summed E-state index contributed by atoms with van der Waals surface area (Å²) in [5, 5.41) is 0. The van der Waals surface area contributed by atoms with Gasteiger partial charge in [0, 0.05) is 38.2 Å². The number of pyridine rings is 1. The molecule has 1 saturated heterocycles. The molecular weight excluding hydrogens is 266 g/mol. The fourth-order valence-electron chi connectivity index (χ4n) is 3.38. The van der Waals surface area contributed by atoms with Crippen LogP contribution in [0.1, 0.15) is 36.0 Å². The number of hydrogen-bond acceptors (Lipinski definition) is 4. The van der Waals surface area contributed by atoms with Gasteiger partial charge in [0.2, 0.25) is 5.88 Å². The lowest BCUT2D eigenvalue weighted by atomic mass is 9.90. The lowest BCUT2D eigenvalue weighted by Gasteiger charge is -2.41. The van der Waals surface area contributed by atoms with Gasteiger partial charge in [-0.15, -0.1) is 0 Å². The van der Waals surface area contributed by atoms with Gasteiger partial charge in [-0.3, -0.25) is 4.79 Å². The van der Waals surface area contributed by atoms with Crippen LogP contribution in [0.15, 0.2) is 18.3 Å². The Hall–Kier alpha value is -1.62. The van der Waals surface area contributed by atoms with Crippen LogP contribution in [0.3, 0.4) is 0 Å². The molecule has 0 radical (unpaired) electrons. The van der Waals surface area contributed by atoms with E-state index in [0.717, 1.165) is 38.8 Å². The van der Waals surface area contributed by atoms with Crippen molar-refractivity contribution in [2.45, 2.75) is 37.3 Å². The van der Waals surface area contributed by atoms with Gasteiger partial charge < -0.3 is 14.5 Å². The molecule has 21 heavy (non-hydrogen) atoms. The van der Waals surface area contributed by atoms with Gasteiger partial charge in [-0.05, 0) is 32.0 Å². The van der Waals surface area contributed by atoms with Crippen molar-refractivity contribution in [1.82, 2.24) is 14.8 Å². The Morgan fingerprint density at radius 2 is 2.10 bits per heavy atom. The van der Waals surface area contributed by atoms with Crippen LogP contribution in [-0.4, -0.2) is 59.0 Å². The molecule has 112 valence electrons. The Kier molecular flexibility index (Phi) is 2.92. The first-order valence-electron chi connectivity index (χ1n) is 7.80. The maximum Gasteiger partial charge on any atom is 0.259 e. The van der Waals surface area contributed by atoms with Crippen LogP contribution in [0.5, 0.6) is 5.88 Å². The van der Waals surface area contributed by atoms with E-state index in [2.05, 4.69) is 16.9 Å². The fourth-order valence-corrected chi connectivity index (χ4v) is 3.38. The van der Waals surface area contributed by atoms with Gasteiger partial charge in [0.15, 0.2) is 0 Å². The highest BCUT2D eigenvalue weighted by atomic mass is 16.5. The summed E-state index contributed by atoms with van der Waals surface area (Å²) < 4.78 is 6.31. The van der Waals surface area contributed by atoms with Crippen molar-refractivity contribution in [1.29, 1.82) is 0 Å². The normalized spacial score (nSPS) is 25.4. The zero-order valence-corrected chi connectivity index (χ0v) is 12.4. The Bertz CT molecular complexity index is 562. The summed E-state index contributed by atoms with van der Waals surface area (Å²) in [6.45, 7) is 2.73. The molecule has 3 heterocycles. The van der Waals surface area contributed by atoms with Crippen LogP contribution in [0, 0.1) is 0 Å². The minimum Gasteiger partial charge on any atom is -0.468 e. The van der Waals surface area contributed by atoms with Gasteiger partial charge in [0.1, 0.15) is 11.2 Å². The molecule has 2 aliphatic heterocycles. The summed E-state index contributed by atoms with van der Waals surface area (Å²) in [5.74, 6) is 0.617. The van der Waals surface area contributed by atoms with Gasteiger partial charge in [-0.2, -0.15) is 0 Å². The number of fused-ring (bicyclic) bond motifs is 1. The predicted octanol–water partition coefficient (Wildman–Crippen LogP) is 1.54. The van der Waals surface area contributed by atoms with Gasteiger partial charge in [0.25, 0.3) is 5.91 Å². The highest BCUT2D eigenvalue weighted by molar-refractivity contribution is 5.97. The second kappa shape index (κ2) is 4.70. The molecule has 0 atom stereocenters. The van der Waals surface area contributed by atoms with Gasteiger partial charge in [-0.25, -0.2) is 4.98 Å². The maximum absolute atomic E-state index is 12.8. The van der Waals surface area contributed by atoms with E-state index in [1.807, 2.05) is 17.0 Å². The molecule has 0 bridgehead atoms.